The van der Waals surface area contributed by atoms with Crippen molar-refractivity contribution < 1.29 is 8.83 Å². The number of aromatic nitrogens is 1. The molecule has 1 atom stereocenters. The minimum absolute atomic E-state index is 0.157. The average Bonchev–Trinajstić information content (AvgIpc) is 3.96. The van der Waals surface area contributed by atoms with Gasteiger partial charge in [-0.3, -0.25) is 0 Å². The van der Waals surface area contributed by atoms with E-state index in [0.29, 0.717) is 5.89 Å². The Morgan fingerprint density at radius 1 is 0.473 bits per heavy atom. The van der Waals surface area contributed by atoms with Gasteiger partial charge in [0, 0.05) is 65.1 Å². The number of oxazole rings is 1. The first kappa shape index (κ1) is 31.6. The number of hydrogen-bond donors (Lipinski definition) is 0. The number of rotatable bonds is 7. The molecule has 0 radical (unpaired) electrons. The number of hydrogen-bond acceptors (Lipinski definition) is 5. The molecule has 0 aliphatic rings. The molecule has 260 valence electrons. The van der Waals surface area contributed by atoms with Crippen LogP contribution in [-0.4, -0.2) is 4.98 Å². The lowest BCUT2D eigenvalue weighted by atomic mass is 9.84. The van der Waals surface area contributed by atoms with Crippen LogP contribution in [0.3, 0.4) is 0 Å². The second-order valence-corrected chi connectivity index (χ2v) is 14.9. The molecule has 3 aromatic heterocycles. The quantitative estimate of drug-likeness (QED) is 0.154. The molecule has 4 nitrogen and oxygen atoms in total. The molecule has 0 bridgehead atoms. The fourth-order valence-corrected chi connectivity index (χ4v) is 9.38. The molecule has 1 unspecified atom stereocenters. The van der Waals surface area contributed by atoms with Gasteiger partial charge in [0.1, 0.15) is 16.7 Å². The number of thiophene rings is 1. The molecule has 11 rings (SSSR count). The van der Waals surface area contributed by atoms with Gasteiger partial charge in [-0.2, -0.15) is 0 Å². The van der Waals surface area contributed by atoms with Gasteiger partial charge in [0.2, 0.25) is 5.89 Å². The van der Waals surface area contributed by atoms with Crippen molar-refractivity contribution in [1.82, 2.24) is 4.98 Å². The molecule has 0 amide bonds. The van der Waals surface area contributed by atoms with Crippen molar-refractivity contribution in [3.63, 3.8) is 0 Å². The molecule has 0 saturated carbocycles. The van der Waals surface area contributed by atoms with E-state index in [9.17, 15) is 0 Å². The fraction of sp³-hybridized carbons (Fsp3) is 0.0200. The number of nitrogens with zero attached hydrogens (tertiary/aromatic N) is 2. The Balaban J connectivity index is 1.21. The molecule has 55 heavy (non-hydrogen) atoms. The Kier molecular flexibility index (Phi) is 7.39. The molecule has 8 aromatic carbocycles. The number of benzene rings is 8. The first-order chi connectivity index (χ1) is 27.3. The van der Waals surface area contributed by atoms with E-state index in [1.807, 2.05) is 41.7 Å². The highest BCUT2D eigenvalue weighted by molar-refractivity contribution is 7.26. The van der Waals surface area contributed by atoms with Crippen LogP contribution in [0.5, 0.6) is 0 Å². The lowest BCUT2D eigenvalue weighted by Crippen LogP contribution is -2.12. The Bertz CT molecular complexity index is 3160. The van der Waals surface area contributed by atoms with E-state index < -0.39 is 0 Å². The van der Waals surface area contributed by atoms with Crippen LogP contribution in [0.25, 0.3) is 64.7 Å². The van der Waals surface area contributed by atoms with E-state index in [-0.39, 0.29) is 5.92 Å². The Morgan fingerprint density at radius 3 is 2.00 bits per heavy atom. The maximum absolute atomic E-state index is 6.88. The van der Waals surface area contributed by atoms with Gasteiger partial charge in [0.25, 0.3) is 0 Å². The molecule has 3 heterocycles. The van der Waals surface area contributed by atoms with E-state index in [1.165, 1.54) is 31.3 Å². The second-order valence-electron chi connectivity index (χ2n) is 13.9. The largest absolute Gasteiger partial charge is 0.456 e. The van der Waals surface area contributed by atoms with Gasteiger partial charge in [-0.15, -0.1) is 11.3 Å². The SMILES string of the molecule is c1ccc(-c2nc3cc(N(c4ccccc4)c4ccc5oc6ccccc6c5c4)cc(C(c4ccccc4)c4cccc5c4sc4ccccc45)c3o2)cc1. The highest BCUT2D eigenvalue weighted by atomic mass is 32.1. The third-order valence-corrected chi connectivity index (χ3v) is 11.8. The molecule has 0 spiro atoms. The summed E-state index contributed by atoms with van der Waals surface area (Å²) >= 11 is 1.85. The lowest BCUT2D eigenvalue weighted by Gasteiger charge is -2.27. The zero-order chi connectivity index (χ0) is 36.3. The molecular weight excluding hydrogens is 693 g/mol. The highest BCUT2D eigenvalue weighted by Crippen LogP contribution is 2.47. The summed E-state index contributed by atoms with van der Waals surface area (Å²) < 4.78 is 15.7. The van der Waals surface area contributed by atoms with Crippen molar-refractivity contribution in [3.05, 3.63) is 205 Å². The van der Waals surface area contributed by atoms with Gasteiger partial charge in [-0.25, -0.2) is 4.98 Å². The topological polar surface area (TPSA) is 42.4 Å². The molecule has 5 heteroatoms. The minimum atomic E-state index is -0.157. The summed E-state index contributed by atoms with van der Waals surface area (Å²) in [4.78, 5) is 7.54. The standard InChI is InChI=1S/C50H32N2O2S/c1-4-15-32(16-5-1)47(40-24-14-23-39-38-22-11-13-26-46(38)55-49(39)40)42-30-36(31-43-48(42)54-50(51-43)33-17-6-2-7-18-33)52(34-19-8-3-9-20-34)35-27-28-45-41(29-35)37-21-10-12-25-44(37)53-45/h1-31,47H. The van der Waals surface area contributed by atoms with Crippen LogP contribution in [-0.2, 0) is 0 Å². The summed E-state index contributed by atoms with van der Waals surface area (Å²) in [5, 5.41) is 4.70. The van der Waals surface area contributed by atoms with E-state index in [1.54, 1.807) is 0 Å². The summed E-state index contributed by atoms with van der Waals surface area (Å²) in [6, 6.07) is 66.2. The van der Waals surface area contributed by atoms with E-state index >= 15 is 0 Å². The van der Waals surface area contributed by atoms with Crippen molar-refractivity contribution in [2.24, 2.45) is 0 Å². The summed E-state index contributed by atoms with van der Waals surface area (Å²) in [5.41, 5.74) is 10.8. The summed E-state index contributed by atoms with van der Waals surface area (Å²) in [6.45, 7) is 0. The number of fused-ring (bicyclic) bond motifs is 7. The van der Waals surface area contributed by atoms with Crippen LogP contribution >= 0.6 is 11.3 Å². The van der Waals surface area contributed by atoms with Crippen LogP contribution < -0.4 is 4.90 Å². The van der Waals surface area contributed by atoms with Gasteiger partial charge in [-0.05, 0) is 77.9 Å². The summed E-state index contributed by atoms with van der Waals surface area (Å²) in [5.74, 6) is 0.438. The van der Waals surface area contributed by atoms with Crippen LogP contribution in [0, 0.1) is 0 Å². The zero-order valence-corrected chi connectivity index (χ0v) is 30.4. The predicted molar refractivity (Wildman–Crippen MR) is 228 cm³/mol. The number of para-hydroxylation sites is 2. The Hall–Kier alpha value is -6.95. The van der Waals surface area contributed by atoms with Crippen LogP contribution in [0.2, 0.25) is 0 Å². The molecule has 0 aliphatic carbocycles. The molecule has 0 aliphatic heterocycles. The molecule has 11 aromatic rings. The van der Waals surface area contributed by atoms with Crippen LogP contribution in [0.4, 0.5) is 17.1 Å². The fourth-order valence-electron chi connectivity index (χ4n) is 8.14. The summed E-state index contributed by atoms with van der Waals surface area (Å²) in [7, 11) is 0. The smallest absolute Gasteiger partial charge is 0.227 e. The second kappa shape index (κ2) is 12.9. The Morgan fingerprint density at radius 2 is 1.16 bits per heavy atom. The van der Waals surface area contributed by atoms with Gasteiger partial charge < -0.3 is 13.7 Å². The van der Waals surface area contributed by atoms with Gasteiger partial charge >= 0.3 is 0 Å². The number of furan rings is 1. The van der Waals surface area contributed by atoms with Crippen molar-refractivity contribution >= 4 is 81.6 Å². The van der Waals surface area contributed by atoms with E-state index in [4.69, 9.17) is 13.8 Å². The van der Waals surface area contributed by atoms with Crippen LogP contribution in [0.1, 0.15) is 22.6 Å². The van der Waals surface area contributed by atoms with Gasteiger partial charge in [0.15, 0.2) is 5.58 Å². The monoisotopic (exact) mass is 724 g/mol. The van der Waals surface area contributed by atoms with Gasteiger partial charge in [-0.1, -0.05) is 121 Å². The lowest BCUT2D eigenvalue weighted by molar-refractivity contribution is 0.614. The average molecular weight is 725 g/mol. The van der Waals surface area contributed by atoms with E-state index in [2.05, 4.69) is 163 Å². The predicted octanol–water partition coefficient (Wildman–Crippen LogP) is 14.4. The summed E-state index contributed by atoms with van der Waals surface area (Å²) in [6.07, 6.45) is 0. The first-order valence-electron chi connectivity index (χ1n) is 18.5. The van der Waals surface area contributed by atoms with Crippen molar-refractivity contribution in [3.8, 4) is 11.5 Å². The highest BCUT2D eigenvalue weighted by Gasteiger charge is 2.28. The van der Waals surface area contributed by atoms with Crippen molar-refractivity contribution in [2.75, 3.05) is 4.90 Å². The Labute approximate surface area is 321 Å². The van der Waals surface area contributed by atoms with Crippen LogP contribution in [0.15, 0.2) is 197 Å². The zero-order valence-electron chi connectivity index (χ0n) is 29.6. The van der Waals surface area contributed by atoms with Gasteiger partial charge in [0.05, 0.1) is 0 Å². The molecular formula is C50H32N2O2S. The maximum atomic E-state index is 6.88. The third-order valence-electron chi connectivity index (χ3n) is 10.6. The van der Waals surface area contributed by atoms with Crippen molar-refractivity contribution in [2.45, 2.75) is 5.92 Å². The minimum Gasteiger partial charge on any atom is -0.456 e. The molecule has 0 saturated heterocycles. The third kappa shape index (κ3) is 5.31. The normalized spacial score (nSPS) is 12.3. The number of anilines is 3. The maximum Gasteiger partial charge on any atom is 0.227 e. The van der Waals surface area contributed by atoms with Crippen molar-refractivity contribution in [1.29, 1.82) is 0 Å². The van der Waals surface area contributed by atoms with E-state index in [0.717, 1.165) is 61.2 Å². The molecule has 0 N–H and O–H groups in total. The first-order valence-corrected chi connectivity index (χ1v) is 19.3. The molecule has 0 fully saturated rings.